The molecule has 3 rings (SSSR count). The Morgan fingerprint density at radius 1 is 1.11 bits per heavy atom. The maximum atomic E-state index is 4.74. The molecule has 0 aliphatic heterocycles. The van der Waals surface area contributed by atoms with E-state index in [0.717, 1.165) is 33.1 Å². The van der Waals surface area contributed by atoms with E-state index in [1.807, 2.05) is 24.4 Å². The van der Waals surface area contributed by atoms with E-state index < -0.39 is 0 Å². The molecular formula is C17H14N2. The van der Waals surface area contributed by atoms with Gasteiger partial charge in [-0.15, -0.1) is 0 Å². The predicted octanol–water partition coefficient (Wildman–Crippen LogP) is 4.29. The van der Waals surface area contributed by atoms with Gasteiger partial charge < -0.3 is 0 Å². The van der Waals surface area contributed by atoms with Crippen molar-refractivity contribution < 1.29 is 0 Å². The van der Waals surface area contributed by atoms with Crippen LogP contribution in [0, 0.1) is 6.92 Å². The first-order valence-corrected chi connectivity index (χ1v) is 6.24. The minimum absolute atomic E-state index is 0.951. The van der Waals surface area contributed by atoms with Gasteiger partial charge in [-0.1, -0.05) is 36.9 Å². The third kappa shape index (κ3) is 2.02. The third-order valence-corrected chi connectivity index (χ3v) is 3.18. The van der Waals surface area contributed by atoms with Crippen LogP contribution in [0.1, 0.15) is 11.3 Å². The van der Waals surface area contributed by atoms with Crippen LogP contribution in [0.25, 0.3) is 27.9 Å². The van der Waals surface area contributed by atoms with E-state index >= 15 is 0 Å². The topological polar surface area (TPSA) is 25.8 Å². The molecule has 0 N–H and O–H groups in total. The van der Waals surface area contributed by atoms with Gasteiger partial charge in [-0.05, 0) is 30.7 Å². The van der Waals surface area contributed by atoms with Crippen molar-refractivity contribution in [3.63, 3.8) is 0 Å². The summed E-state index contributed by atoms with van der Waals surface area (Å²) in [6, 6.07) is 10.3. The first kappa shape index (κ1) is 11.6. The fourth-order valence-corrected chi connectivity index (χ4v) is 2.22. The van der Waals surface area contributed by atoms with Crippen molar-refractivity contribution >= 4 is 27.9 Å². The van der Waals surface area contributed by atoms with Gasteiger partial charge in [0.2, 0.25) is 0 Å². The van der Waals surface area contributed by atoms with Crippen molar-refractivity contribution in [2.75, 3.05) is 0 Å². The monoisotopic (exact) mass is 246 g/mol. The highest BCUT2D eigenvalue weighted by atomic mass is 14.7. The number of aromatic nitrogens is 2. The average Bonchev–Trinajstić information content (AvgIpc) is 2.45. The van der Waals surface area contributed by atoms with E-state index in [-0.39, 0.29) is 0 Å². The second-order valence-electron chi connectivity index (χ2n) is 4.50. The van der Waals surface area contributed by atoms with Crippen molar-refractivity contribution in [2.24, 2.45) is 0 Å². The molecule has 19 heavy (non-hydrogen) atoms. The molecule has 3 aromatic rings. The Balaban J connectivity index is 2.37. The van der Waals surface area contributed by atoms with Crippen LogP contribution < -0.4 is 0 Å². The Hall–Kier alpha value is -2.48. The van der Waals surface area contributed by atoms with Crippen molar-refractivity contribution in [2.45, 2.75) is 6.92 Å². The zero-order valence-corrected chi connectivity index (χ0v) is 10.8. The molecule has 0 saturated carbocycles. The molecular weight excluding hydrogens is 232 g/mol. The molecule has 2 aromatic heterocycles. The van der Waals surface area contributed by atoms with Gasteiger partial charge in [0.05, 0.1) is 16.7 Å². The summed E-state index contributed by atoms with van der Waals surface area (Å²) in [5.41, 5.74) is 4.02. The predicted molar refractivity (Wildman–Crippen MR) is 81.0 cm³/mol. The number of rotatable bonds is 2. The Morgan fingerprint density at radius 2 is 1.95 bits per heavy atom. The standard InChI is InChI=1S/C17H14N2/c1-3-4-7-15-12(2)11-14-9-8-13-6-5-10-18-16(13)17(14)19-15/h3-11H,1H2,2H3/b7-4-. The van der Waals surface area contributed by atoms with Crippen molar-refractivity contribution in [3.8, 4) is 0 Å². The smallest absolute Gasteiger partial charge is 0.0972 e. The fraction of sp³-hybridized carbons (Fsp3) is 0.0588. The number of nitrogens with zero attached hydrogens (tertiary/aromatic N) is 2. The Morgan fingerprint density at radius 3 is 2.79 bits per heavy atom. The zero-order chi connectivity index (χ0) is 13.2. The molecule has 2 heteroatoms. The second-order valence-corrected chi connectivity index (χ2v) is 4.50. The summed E-state index contributed by atoms with van der Waals surface area (Å²) in [5, 5.41) is 2.24. The van der Waals surface area contributed by atoms with Crippen molar-refractivity contribution in [1.82, 2.24) is 9.97 Å². The van der Waals surface area contributed by atoms with Gasteiger partial charge in [0, 0.05) is 17.0 Å². The number of benzene rings is 1. The molecule has 0 atom stereocenters. The summed E-state index contributed by atoms with van der Waals surface area (Å²) in [6.07, 6.45) is 7.44. The van der Waals surface area contributed by atoms with Gasteiger partial charge in [0.15, 0.2) is 0 Å². The number of fused-ring (bicyclic) bond motifs is 3. The van der Waals surface area contributed by atoms with E-state index in [4.69, 9.17) is 4.98 Å². The van der Waals surface area contributed by atoms with Crippen LogP contribution in [0.3, 0.4) is 0 Å². The lowest BCUT2D eigenvalue weighted by molar-refractivity contribution is 1.29. The van der Waals surface area contributed by atoms with Gasteiger partial charge in [0.1, 0.15) is 0 Å². The van der Waals surface area contributed by atoms with Crippen molar-refractivity contribution in [3.05, 3.63) is 66.5 Å². The molecule has 0 unspecified atom stereocenters. The van der Waals surface area contributed by atoms with Crippen LogP contribution in [-0.2, 0) is 0 Å². The van der Waals surface area contributed by atoms with E-state index in [1.54, 1.807) is 6.08 Å². The maximum Gasteiger partial charge on any atom is 0.0972 e. The summed E-state index contributed by atoms with van der Waals surface area (Å²) >= 11 is 0. The number of aryl methyl sites for hydroxylation is 1. The molecule has 0 saturated heterocycles. The molecule has 0 spiro atoms. The summed E-state index contributed by atoms with van der Waals surface area (Å²) in [6.45, 7) is 5.76. The lowest BCUT2D eigenvalue weighted by Gasteiger charge is -2.06. The normalized spacial score (nSPS) is 11.4. The number of hydrogen-bond donors (Lipinski definition) is 0. The first-order chi connectivity index (χ1) is 9.29. The summed E-state index contributed by atoms with van der Waals surface area (Å²) in [5.74, 6) is 0. The van der Waals surface area contributed by atoms with Crippen LogP contribution >= 0.6 is 0 Å². The molecule has 0 bridgehead atoms. The minimum atomic E-state index is 0.951. The molecule has 1 aromatic carbocycles. The Labute approximate surface area is 112 Å². The van der Waals surface area contributed by atoms with Crippen LogP contribution in [0.4, 0.5) is 0 Å². The minimum Gasteiger partial charge on any atom is -0.254 e. The highest BCUT2D eigenvalue weighted by Gasteiger charge is 2.05. The summed E-state index contributed by atoms with van der Waals surface area (Å²) in [7, 11) is 0. The number of hydrogen-bond acceptors (Lipinski definition) is 2. The highest BCUT2D eigenvalue weighted by molar-refractivity contribution is 6.03. The van der Waals surface area contributed by atoms with Gasteiger partial charge in [-0.25, -0.2) is 4.98 Å². The number of allylic oxidation sites excluding steroid dienone is 2. The Bertz CT molecular complexity index is 801. The van der Waals surface area contributed by atoms with Crippen molar-refractivity contribution in [1.29, 1.82) is 0 Å². The second kappa shape index (κ2) is 4.65. The molecule has 0 radical (unpaired) electrons. The first-order valence-electron chi connectivity index (χ1n) is 6.24. The third-order valence-electron chi connectivity index (χ3n) is 3.18. The van der Waals surface area contributed by atoms with Crippen LogP contribution in [0.5, 0.6) is 0 Å². The van der Waals surface area contributed by atoms with Crippen LogP contribution in [0.2, 0.25) is 0 Å². The molecule has 92 valence electrons. The van der Waals surface area contributed by atoms with Crippen LogP contribution in [-0.4, -0.2) is 9.97 Å². The van der Waals surface area contributed by atoms with E-state index in [0.29, 0.717) is 0 Å². The van der Waals surface area contributed by atoms with Gasteiger partial charge in [0.25, 0.3) is 0 Å². The average molecular weight is 246 g/mol. The molecule has 0 amide bonds. The van der Waals surface area contributed by atoms with Gasteiger partial charge in [-0.2, -0.15) is 0 Å². The zero-order valence-electron chi connectivity index (χ0n) is 10.8. The lowest BCUT2D eigenvalue weighted by Crippen LogP contribution is -1.91. The van der Waals surface area contributed by atoms with E-state index in [2.05, 4.69) is 42.8 Å². The van der Waals surface area contributed by atoms with E-state index in [9.17, 15) is 0 Å². The lowest BCUT2D eigenvalue weighted by atomic mass is 10.1. The molecule has 2 heterocycles. The molecule has 2 nitrogen and oxygen atoms in total. The largest absolute Gasteiger partial charge is 0.254 e. The van der Waals surface area contributed by atoms with Gasteiger partial charge in [-0.3, -0.25) is 4.98 Å². The molecule has 0 aliphatic rings. The maximum absolute atomic E-state index is 4.74. The molecule has 0 aliphatic carbocycles. The summed E-state index contributed by atoms with van der Waals surface area (Å²) < 4.78 is 0. The highest BCUT2D eigenvalue weighted by Crippen LogP contribution is 2.24. The van der Waals surface area contributed by atoms with Gasteiger partial charge >= 0.3 is 0 Å². The quantitative estimate of drug-likeness (QED) is 0.498. The number of pyridine rings is 2. The fourth-order valence-electron chi connectivity index (χ4n) is 2.22. The SMILES string of the molecule is C=C/C=C\c1nc2c(ccc3cccnc32)cc1C. The summed E-state index contributed by atoms with van der Waals surface area (Å²) in [4.78, 5) is 9.20. The molecule has 0 fully saturated rings. The van der Waals surface area contributed by atoms with E-state index in [1.165, 1.54) is 0 Å². The van der Waals surface area contributed by atoms with Crippen LogP contribution in [0.15, 0.2) is 55.3 Å². The Kier molecular flexibility index (Phi) is 2.84.